The van der Waals surface area contributed by atoms with E-state index in [0.717, 1.165) is 44.1 Å². The van der Waals surface area contributed by atoms with E-state index in [1.54, 1.807) is 6.92 Å². The number of sulfonamides is 1. The molecule has 2 aliphatic rings. The monoisotopic (exact) mass is 393 g/mol. The average molecular weight is 393 g/mol. The van der Waals surface area contributed by atoms with Crippen LogP contribution in [0.5, 0.6) is 0 Å². The molecule has 2 aromatic rings. The predicted octanol–water partition coefficient (Wildman–Crippen LogP) is 1.74. The largest absolute Gasteiger partial charge is 0.312 e. The molecule has 0 spiro atoms. The van der Waals surface area contributed by atoms with Gasteiger partial charge in [0.15, 0.2) is 5.82 Å². The fraction of sp³-hybridized carbons (Fsp3) is 0.556. The molecule has 0 bridgehead atoms. The predicted molar refractivity (Wildman–Crippen MR) is 98.2 cm³/mol. The van der Waals surface area contributed by atoms with Crippen molar-refractivity contribution in [3.05, 3.63) is 41.2 Å². The van der Waals surface area contributed by atoms with E-state index in [-0.39, 0.29) is 10.9 Å². The lowest BCUT2D eigenvalue weighted by molar-refractivity contribution is 0.330. The molecule has 1 saturated heterocycles. The van der Waals surface area contributed by atoms with Crippen LogP contribution >= 0.6 is 0 Å². The van der Waals surface area contributed by atoms with Crippen molar-refractivity contribution in [2.75, 3.05) is 26.7 Å². The quantitative estimate of drug-likeness (QED) is 0.794. The molecule has 0 saturated carbocycles. The third-order valence-electron chi connectivity index (χ3n) is 5.50. The maximum atomic E-state index is 13.4. The van der Waals surface area contributed by atoms with Gasteiger partial charge >= 0.3 is 0 Å². The molecule has 0 aliphatic carbocycles. The number of hydrogen-bond donors (Lipinski definition) is 0. The Morgan fingerprint density at radius 1 is 1.15 bits per heavy atom. The maximum absolute atomic E-state index is 13.4. The summed E-state index contributed by atoms with van der Waals surface area (Å²) >= 11 is 0. The van der Waals surface area contributed by atoms with Crippen LogP contribution < -0.4 is 0 Å². The van der Waals surface area contributed by atoms with Gasteiger partial charge in [-0.1, -0.05) is 0 Å². The molecule has 146 valence electrons. The highest BCUT2D eigenvalue weighted by Gasteiger charge is 2.40. The Morgan fingerprint density at radius 2 is 1.96 bits per heavy atom. The minimum absolute atomic E-state index is 0.158. The fourth-order valence-corrected chi connectivity index (χ4v) is 5.87. The van der Waals surface area contributed by atoms with Gasteiger partial charge in [0.2, 0.25) is 10.0 Å². The minimum Gasteiger partial charge on any atom is -0.312 e. The second kappa shape index (κ2) is 6.96. The van der Waals surface area contributed by atoms with Gasteiger partial charge in [0.1, 0.15) is 11.6 Å². The highest BCUT2D eigenvalue weighted by molar-refractivity contribution is 7.89. The van der Waals surface area contributed by atoms with Crippen LogP contribution in [0.25, 0.3) is 0 Å². The molecule has 0 radical (unpaired) electrons. The summed E-state index contributed by atoms with van der Waals surface area (Å²) in [5, 5.41) is 8.70. The molecule has 2 aliphatic heterocycles. The minimum atomic E-state index is -3.73. The highest BCUT2D eigenvalue weighted by Crippen LogP contribution is 2.37. The number of rotatable bonds is 3. The van der Waals surface area contributed by atoms with E-state index in [1.165, 1.54) is 22.5 Å². The number of hydrogen-bond acceptors (Lipinski definition) is 5. The Balaban J connectivity index is 1.70. The van der Waals surface area contributed by atoms with Crippen molar-refractivity contribution in [3.8, 4) is 0 Å². The van der Waals surface area contributed by atoms with Crippen molar-refractivity contribution < 1.29 is 12.8 Å². The number of aromatic nitrogens is 3. The maximum Gasteiger partial charge on any atom is 0.244 e. The Hall–Kier alpha value is -1.84. The van der Waals surface area contributed by atoms with Gasteiger partial charge in [-0.3, -0.25) is 0 Å². The lowest BCUT2D eigenvalue weighted by atomic mass is 10.2. The van der Waals surface area contributed by atoms with E-state index in [0.29, 0.717) is 18.5 Å². The second-order valence-electron chi connectivity index (χ2n) is 7.36. The molecular weight excluding hydrogens is 369 g/mol. The average Bonchev–Trinajstić information content (AvgIpc) is 3.20. The molecule has 1 aromatic carbocycles. The highest BCUT2D eigenvalue weighted by atomic mass is 32.2. The smallest absolute Gasteiger partial charge is 0.244 e. The molecule has 3 heterocycles. The van der Waals surface area contributed by atoms with Gasteiger partial charge in [-0.2, -0.15) is 4.31 Å². The molecule has 9 heteroatoms. The van der Waals surface area contributed by atoms with Gasteiger partial charge in [-0.25, -0.2) is 12.8 Å². The van der Waals surface area contributed by atoms with Crippen molar-refractivity contribution in [2.24, 2.45) is 0 Å². The Labute approximate surface area is 158 Å². The van der Waals surface area contributed by atoms with Crippen molar-refractivity contribution in [1.29, 1.82) is 0 Å². The van der Waals surface area contributed by atoms with Crippen molar-refractivity contribution >= 4 is 10.0 Å². The van der Waals surface area contributed by atoms with Gasteiger partial charge in [0.05, 0.1) is 10.9 Å². The molecular formula is C18H24FN5O2S. The molecule has 27 heavy (non-hydrogen) atoms. The molecule has 0 amide bonds. The Morgan fingerprint density at radius 3 is 2.74 bits per heavy atom. The van der Waals surface area contributed by atoms with Crippen LogP contribution in [-0.4, -0.2) is 59.1 Å². The van der Waals surface area contributed by atoms with Crippen LogP contribution in [0.4, 0.5) is 4.39 Å². The van der Waals surface area contributed by atoms with E-state index in [9.17, 15) is 12.8 Å². The van der Waals surface area contributed by atoms with Crippen molar-refractivity contribution in [1.82, 2.24) is 24.0 Å². The molecule has 1 fully saturated rings. The van der Waals surface area contributed by atoms with E-state index in [1.807, 2.05) is 0 Å². The summed E-state index contributed by atoms with van der Waals surface area (Å²) in [6.07, 6.45) is 2.29. The SMILES string of the molecule is Cc1cc(F)ccc1S(=O)(=O)N1CCC[C@@H]1c1nnc2n1CCN(C)CC2. The summed E-state index contributed by atoms with van der Waals surface area (Å²) in [4.78, 5) is 2.40. The summed E-state index contributed by atoms with van der Waals surface area (Å²) < 4.78 is 43.6. The number of fused-ring (bicyclic) bond motifs is 1. The Bertz CT molecular complexity index is 959. The molecule has 1 atom stereocenters. The fourth-order valence-electron chi connectivity index (χ4n) is 4.01. The van der Waals surface area contributed by atoms with Crippen LogP contribution in [0.3, 0.4) is 0 Å². The number of halogens is 1. The van der Waals surface area contributed by atoms with Crippen LogP contribution in [0, 0.1) is 12.7 Å². The van der Waals surface area contributed by atoms with Gasteiger partial charge in [0, 0.05) is 32.6 Å². The normalized spacial score (nSPS) is 22.0. The second-order valence-corrected chi connectivity index (χ2v) is 9.22. The van der Waals surface area contributed by atoms with E-state index in [4.69, 9.17) is 0 Å². The number of benzene rings is 1. The third-order valence-corrected chi connectivity index (χ3v) is 7.57. The topological polar surface area (TPSA) is 71.3 Å². The summed E-state index contributed by atoms with van der Waals surface area (Å²) in [5.74, 6) is 1.20. The number of nitrogens with zero attached hydrogens (tertiary/aromatic N) is 5. The first-order chi connectivity index (χ1) is 12.9. The summed E-state index contributed by atoms with van der Waals surface area (Å²) in [6.45, 7) is 4.62. The van der Waals surface area contributed by atoms with Crippen LogP contribution in [0.1, 0.15) is 36.1 Å². The van der Waals surface area contributed by atoms with Crippen LogP contribution in [0.2, 0.25) is 0 Å². The zero-order chi connectivity index (χ0) is 19.2. The summed E-state index contributed by atoms with van der Waals surface area (Å²) in [7, 11) is -1.66. The van der Waals surface area contributed by atoms with Crippen molar-refractivity contribution in [3.63, 3.8) is 0 Å². The molecule has 1 aromatic heterocycles. The van der Waals surface area contributed by atoms with Gasteiger partial charge < -0.3 is 9.47 Å². The van der Waals surface area contributed by atoms with Crippen molar-refractivity contribution in [2.45, 2.75) is 43.7 Å². The molecule has 4 rings (SSSR count). The molecule has 0 N–H and O–H groups in total. The van der Waals surface area contributed by atoms with Crippen LogP contribution in [-0.2, 0) is 23.0 Å². The van der Waals surface area contributed by atoms with E-state index >= 15 is 0 Å². The first kappa shape index (κ1) is 18.5. The first-order valence-electron chi connectivity index (χ1n) is 9.26. The third kappa shape index (κ3) is 3.28. The Kier molecular flexibility index (Phi) is 4.77. The first-order valence-corrected chi connectivity index (χ1v) is 10.7. The summed E-state index contributed by atoms with van der Waals surface area (Å²) in [5.41, 5.74) is 0.419. The van der Waals surface area contributed by atoms with Gasteiger partial charge in [-0.15, -0.1) is 10.2 Å². The summed E-state index contributed by atoms with van der Waals surface area (Å²) in [6, 6.07) is 3.49. The van der Waals surface area contributed by atoms with E-state index < -0.39 is 15.8 Å². The van der Waals surface area contributed by atoms with Gasteiger partial charge in [-0.05, 0) is 50.6 Å². The zero-order valence-corrected chi connectivity index (χ0v) is 16.4. The van der Waals surface area contributed by atoms with Gasteiger partial charge in [0.25, 0.3) is 0 Å². The lowest BCUT2D eigenvalue weighted by Crippen LogP contribution is -2.33. The molecule has 7 nitrogen and oxygen atoms in total. The van der Waals surface area contributed by atoms with Crippen LogP contribution in [0.15, 0.2) is 23.1 Å². The standard InChI is InChI=1S/C18H24FN5O2S/c1-13-12-14(19)5-6-16(13)27(25,26)24-8-3-4-15(24)18-21-20-17-7-9-22(2)10-11-23(17)18/h5-6,12,15H,3-4,7-11H2,1-2H3/t15-/m1/s1. The van der Waals surface area contributed by atoms with E-state index in [2.05, 4.69) is 26.7 Å². The number of likely N-dealkylation sites (N-methyl/N-ethyl adjacent to an activating group) is 1. The number of aryl methyl sites for hydroxylation is 1. The lowest BCUT2D eigenvalue weighted by Gasteiger charge is -2.25. The molecule has 0 unspecified atom stereocenters. The zero-order valence-electron chi connectivity index (χ0n) is 15.6.